The van der Waals surface area contributed by atoms with Crippen LogP contribution in [0.15, 0.2) is 28.7 Å². The van der Waals surface area contributed by atoms with Gasteiger partial charge in [0, 0.05) is 17.1 Å². The van der Waals surface area contributed by atoms with Gasteiger partial charge < -0.3 is 10.1 Å². The van der Waals surface area contributed by atoms with E-state index < -0.39 is 0 Å². The highest BCUT2D eigenvalue weighted by Crippen LogP contribution is 2.24. The zero-order valence-electron chi connectivity index (χ0n) is 10.3. The Morgan fingerprint density at radius 1 is 1.29 bits per heavy atom. The van der Waals surface area contributed by atoms with Crippen molar-refractivity contribution >= 4 is 15.9 Å². The third-order valence-corrected chi connectivity index (χ3v) is 3.98. The Balaban J connectivity index is 1.64. The molecule has 0 radical (unpaired) electrons. The van der Waals surface area contributed by atoms with Crippen LogP contribution in [-0.2, 0) is 0 Å². The zero-order chi connectivity index (χ0) is 12.1. The molecule has 1 N–H and O–H groups in total. The van der Waals surface area contributed by atoms with Gasteiger partial charge in [-0.1, -0.05) is 29.3 Å². The van der Waals surface area contributed by atoms with Crippen LogP contribution >= 0.6 is 15.9 Å². The molecule has 2 unspecified atom stereocenters. The lowest BCUT2D eigenvalue weighted by atomic mass is 10.1. The maximum atomic E-state index is 5.67. The van der Waals surface area contributed by atoms with E-state index in [1.807, 2.05) is 24.3 Å². The molecule has 3 heteroatoms. The van der Waals surface area contributed by atoms with E-state index in [9.17, 15) is 0 Å². The van der Waals surface area contributed by atoms with E-state index in [1.165, 1.54) is 19.3 Å². The molecule has 0 amide bonds. The second kappa shape index (κ2) is 6.41. The molecular formula is C14H20BrNO. The number of ether oxygens (including phenoxy) is 1. The molecule has 1 saturated carbocycles. The summed E-state index contributed by atoms with van der Waals surface area (Å²) in [4.78, 5) is 0. The van der Waals surface area contributed by atoms with Crippen molar-refractivity contribution in [3.63, 3.8) is 0 Å². The molecule has 0 spiro atoms. The quantitative estimate of drug-likeness (QED) is 0.839. The van der Waals surface area contributed by atoms with E-state index in [1.54, 1.807) is 0 Å². The molecular weight excluding hydrogens is 278 g/mol. The summed E-state index contributed by atoms with van der Waals surface area (Å²) < 4.78 is 6.76. The van der Waals surface area contributed by atoms with Crippen molar-refractivity contribution in [1.82, 2.24) is 5.32 Å². The van der Waals surface area contributed by atoms with Crippen molar-refractivity contribution in [1.29, 1.82) is 0 Å². The molecule has 2 rings (SSSR count). The van der Waals surface area contributed by atoms with Gasteiger partial charge in [-0.2, -0.15) is 0 Å². The van der Waals surface area contributed by atoms with E-state index in [-0.39, 0.29) is 0 Å². The van der Waals surface area contributed by atoms with E-state index in [0.29, 0.717) is 6.04 Å². The third-order valence-electron chi connectivity index (χ3n) is 3.45. The highest BCUT2D eigenvalue weighted by atomic mass is 79.9. The minimum atomic E-state index is 0.698. The Labute approximate surface area is 112 Å². The largest absolute Gasteiger partial charge is 0.492 e. The fourth-order valence-electron chi connectivity index (χ4n) is 2.39. The van der Waals surface area contributed by atoms with Gasteiger partial charge in [0.2, 0.25) is 0 Å². The first-order valence-electron chi connectivity index (χ1n) is 6.37. The molecule has 0 saturated heterocycles. The zero-order valence-corrected chi connectivity index (χ0v) is 11.9. The van der Waals surface area contributed by atoms with Crippen molar-refractivity contribution in [2.75, 3.05) is 13.2 Å². The Morgan fingerprint density at radius 3 is 2.71 bits per heavy atom. The van der Waals surface area contributed by atoms with Gasteiger partial charge in [-0.05, 0) is 43.0 Å². The summed E-state index contributed by atoms with van der Waals surface area (Å²) in [6, 6.07) is 8.68. The Kier molecular flexibility index (Phi) is 4.86. The smallest absolute Gasteiger partial charge is 0.119 e. The SMILES string of the molecule is CC1CCCC1NCCOc1ccc(Br)cc1. The van der Waals surface area contributed by atoms with Gasteiger partial charge in [0.1, 0.15) is 12.4 Å². The van der Waals surface area contributed by atoms with E-state index in [0.717, 1.165) is 29.3 Å². The Morgan fingerprint density at radius 2 is 2.06 bits per heavy atom. The summed E-state index contributed by atoms with van der Waals surface area (Å²) in [6.07, 6.45) is 4.05. The maximum absolute atomic E-state index is 5.67. The first-order valence-corrected chi connectivity index (χ1v) is 7.17. The van der Waals surface area contributed by atoms with Gasteiger partial charge in [-0.15, -0.1) is 0 Å². The van der Waals surface area contributed by atoms with Crippen LogP contribution in [0.2, 0.25) is 0 Å². The highest BCUT2D eigenvalue weighted by molar-refractivity contribution is 9.10. The topological polar surface area (TPSA) is 21.3 Å². The lowest BCUT2D eigenvalue weighted by molar-refractivity contribution is 0.296. The number of hydrogen-bond donors (Lipinski definition) is 1. The molecule has 0 aliphatic heterocycles. The van der Waals surface area contributed by atoms with E-state index in [2.05, 4.69) is 28.2 Å². The van der Waals surface area contributed by atoms with Crippen molar-refractivity contribution in [3.8, 4) is 5.75 Å². The Bertz CT molecular complexity index is 339. The minimum Gasteiger partial charge on any atom is -0.492 e. The summed E-state index contributed by atoms with van der Waals surface area (Å²) in [5.74, 6) is 1.76. The summed E-state index contributed by atoms with van der Waals surface area (Å²) in [5.41, 5.74) is 0. The molecule has 1 aliphatic carbocycles. The summed E-state index contributed by atoms with van der Waals surface area (Å²) >= 11 is 3.41. The first kappa shape index (κ1) is 12.9. The van der Waals surface area contributed by atoms with Crippen molar-refractivity contribution in [2.24, 2.45) is 5.92 Å². The molecule has 94 valence electrons. The van der Waals surface area contributed by atoms with Crippen LogP contribution in [0.1, 0.15) is 26.2 Å². The van der Waals surface area contributed by atoms with Gasteiger partial charge in [0.05, 0.1) is 0 Å². The van der Waals surface area contributed by atoms with Gasteiger partial charge in [0.25, 0.3) is 0 Å². The fourth-order valence-corrected chi connectivity index (χ4v) is 2.66. The third kappa shape index (κ3) is 4.00. The number of rotatable bonds is 5. The van der Waals surface area contributed by atoms with Gasteiger partial charge >= 0.3 is 0 Å². The minimum absolute atomic E-state index is 0.698. The van der Waals surface area contributed by atoms with Gasteiger partial charge in [-0.3, -0.25) is 0 Å². The summed E-state index contributed by atoms with van der Waals surface area (Å²) in [5, 5.41) is 3.58. The van der Waals surface area contributed by atoms with Crippen LogP contribution in [0.5, 0.6) is 5.75 Å². The Hall–Kier alpha value is -0.540. The highest BCUT2D eigenvalue weighted by Gasteiger charge is 2.22. The van der Waals surface area contributed by atoms with Crippen LogP contribution in [0, 0.1) is 5.92 Å². The molecule has 17 heavy (non-hydrogen) atoms. The summed E-state index contributed by atoms with van der Waals surface area (Å²) in [6.45, 7) is 4.01. The van der Waals surface area contributed by atoms with Crippen molar-refractivity contribution < 1.29 is 4.74 Å². The molecule has 0 bridgehead atoms. The number of hydrogen-bond acceptors (Lipinski definition) is 2. The predicted octanol–water partition coefficient (Wildman–Crippen LogP) is 3.61. The van der Waals surface area contributed by atoms with Crippen molar-refractivity contribution in [3.05, 3.63) is 28.7 Å². The van der Waals surface area contributed by atoms with E-state index >= 15 is 0 Å². The molecule has 2 atom stereocenters. The molecule has 0 heterocycles. The molecule has 0 aromatic heterocycles. The number of halogens is 1. The van der Waals surface area contributed by atoms with Crippen LogP contribution in [0.4, 0.5) is 0 Å². The molecule has 1 aromatic carbocycles. The van der Waals surface area contributed by atoms with Crippen LogP contribution in [0.3, 0.4) is 0 Å². The molecule has 1 aromatic rings. The molecule has 1 aliphatic rings. The number of benzene rings is 1. The average Bonchev–Trinajstić information content (AvgIpc) is 2.73. The second-order valence-corrected chi connectivity index (χ2v) is 5.69. The standard InChI is InChI=1S/C14H20BrNO/c1-11-3-2-4-14(11)16-9-10-17-13-7-5-12(15)6-8-13/h5-8,11,14,16H,2-4,9-10H2,1H3. The van der Waals surface area contributed by atoms with Gasteiger partial charge in [-0.25, -0.2) is 0 Å². The van der Waals surface area contributed by atoms with Crippen LogP contribution < -0.4 is 10.1 Å². The second-order valence-electron chi connectivity index (χ2n) is 4.77. The lowest BCUT2D eigenvalue weighted by Crippen LogP contribution is -2.34. The van der Waals surface area contributed by atoms with E-state index in [4.69, 9.17) is 4.74 Å². The maximum Gasteiger partial charge on any atom is 0.119 e. The first-order chi connectivity index (χ1) is 8.25. The molecule has 2 nitrogen and oxygen atoms in total. The van der Waals surface area contributed by atoms with Gasteiger partial charge in [0.15, 0.2) is 0 Å². The van der Waals surface area contributed by atoms with Crippen LogP contribution in [-0.4, -0.2) is 19.2 Å². The lowest BCUT2D eigenvalue weighted by Gasteiger charge is -2.17. The molecule has 1 fully saturated rings. The number of nitrogens with one attached hydrogen (secondary N) is 1. The average molecular weight is 298 g/mol. The normalized spacial score (nSPS) is 23.9. The van der Waals surface area contributed by atoms with Crippen LogP contribution in [0.25, 0.3) is 0 Å². The predicted molar refractivity (Wildman–Crippen MR) is 74.4 cm³/mol. The van der Waals surface area contributed by atoms with Crippen molar-refractivity contribution in [2.45, 2.75) is 32.2 Å². The monoisotopic (exact) mass is 297 g/mol. The summed E-state index contributed by atoms with van der Waals surface area (Å²) in [7, 11) is 0. The fraction of sp³-hybridized carbons (Fsp3) is 0.571.